The molecule has 8 nitrogen and oxygen atoms in total. The van der Waals surface area contributed by atoms with E-state index in [-0.39, 0.29) is 17.9 Å². The van der Waals surface area contributed by atoms with Gasteiger partial charge in [0.1, 0.15) is 6.61 Å². The van der Waals surface area contributed by atoms with Gasteiger partial charge >= 0.3 is 5.97 Å². The van der Waals surface area contributed by atoms with E-state index in [9.17, 15) is 24.8 Å². The van der Waals surface area contributed by atoms with Crippen LogP contribution >= 0.6 is 0 Å². The molecule has 2 N–H and O–H groups in total. The lowest BCUT2D eigenvalue weighted by Crippen LogP contribution is -2.41. The minimum atomic E-state index is -2.10. The smallest absolute Gasteiger partial charge is 0.338 e. The summed E-state index contributed by atoms with van der Waals surface area (Å²) in [7, 11) is 0. The van der Waals surface area contributed by atoms with E-state index in [4.69, 9.17) is 4.74 Å². The molecule has 1 aliphatic heterocycles. The number of fused-ring (bicyclic) bond motifs is 1. The number of nitrogens with zero attached hydrogens (tertiary/aromatic N) is 1. The highest BCUT2D eigenvalue weighted by atomic mass is 16.6. The molecule has 3 aromatic carbocycles. The van der Waals surface area contributed by atoms with E-state index < -0.39 is 22.4 Å². The summed E-state index contributed by atoms with van der Waals surface area (Å²) in [4.78, 5) is 35.2. The monoisotopic (exact) mass is 404 g/mol. The van der Waals surface area contributed by atoms with Crippen molar-refractivity contribution in [3.63, 3.8) is 0 Å². The van der Waals surface area contributed by atoms with Crippen LogP contribution in [0.3, 0.4) is 0 Å². The minimum Gasteiger partial charge on any atom is -0.457 e. The van der Waals surface area contributed by atoms with E-state index in [0.29, 0.717) is 22.4 Å². The van der Waals surface area contributed by atoms with E-state index in [0.717, 1.165) is 0 Å². The lowest BCUT2D eigenvalue weighted by Gasteiger charge is -2.28. The number of amides is 1. The predicted molar refractivity (Wildman–Crippen MR) is 107 cm³/mol. The van der Waals surface area contributed by atoms with Gasteiger partial charge in [0.15, 0.2) is 5.60 Å². The number of benzene rings is 3. The van der Waals surface area contributed by atoms with Crippen LogP contribution in [0.5, 0.6) is 0 Å². The summed E-state index contributed by atoms with van der Waals surface area (Å²) in [6, 6.07) is 18.2. The van der Waals surface area contributed by atoms with Crippen molar-refractivity contribution in [3.05, 3.63) is 105 Å². The number of hydrogen-bond acceptors (Lipinski definition) is 6. The Morgan fingerprint density at radius 3 is 2.37 bits per heavy atom. The third-order valence-electron chi connectivity index (χ3n) is 4.96. The van der Waals surface area contributed by atoms with Crippen LogP contribution in [0.4, 0.5) is 11.4 Å². The Balaban J connectivity index is 1.72. The molecule has 0 aliphatic carbocycles. The Bertz CT molecular complexity index is 1140. The zero-order chi connectivity index (χ0) is 21.3. The van der Waals surface area contributed by atoms with Crippen LogP contribution in [0.25, 0.3) is 0 Å². The van der Waals surface area contributed by atoms with E-state index in [1.165, 1.54) is 24.3 Å². The first-order valence-corrected chi connectivity index (χ1v) is 9.04. The van der Waals surface area contributed by atoms with Gasteiger partial charge in [0, 0.05) is 23.4 Å². The van der Waals surface area contributed by atoms with E-state index >= 15 is 0 Å². The second-order valence-electron chi connectivity index (χ2n) is 6.78. The van der Waals surface area contributed by atoms with Gasteiger partial charge < -0.3 is 15.2 Å². The number of ether oxygens (including phenoxy) is 1. The molecule has 0 spiro atoms. The second-order valence-corrected chi connectivity index (χ2v) is 6.78. The molecule has 0 saturated carbocycles. The highest BCUT2D eigenvalue weighted by Crippen LogP contribution is 2.33. The normalized spacial score (nSPS) is 14.4. The van der Waals surface area contributed by atoms with Crippen molar-refractivity contribution in [3.8, 4) is 0 Å². The Morgan fingerprint density at radius 1 is 1.03 bits per heavy atom. The quantitative estimate of drug-likeness (QED) is 0.383. The molecule has 0 saturated heterocycles. The Hall–Kier alpha value is -4.04. The molecule has 1 amide bonds. The van der Waals surface area contributed by atoms with Gasteiger partial charge in [0.05, 0.1) is 10.5 Å². The topological polar surface area (TPSA) is 119 Å². The molecular formula is C22H16N2O6. The number of esters is 1. The number of cyclic esters (lactones) is 1. The summed E-state index contributed by atoms with van der Waals surface area (Å²) in [6.45, 7) is 0.114. The molecular weight excluding hydrogens is 388 g/mol. The minimum absolute atomic E-state index is 0.114. The van der Waals surface area contributed by atoms with Gasteiger partial charge in [0.25, 0.3) is 11.6 Å². The number of aliphatic hydroxyl groups is 1. The summed E-state index contributed by atoms with van der Waals surface area (Å²) in [5.74, 6) is -1.16. The maximum atomic E-state index is 13.2. The predicted octanol–water partition coefficient (Wildman–Crippen LogP) is 3.14. The molecule has 1 unspecified atom stereocenters. The molecule has 8 heteroatoms. The lowest BCUT2D eigenvalue weighted by atomic mass is 9.85. The molecule has 0 bridgehead atoms. The molecule has 1 atom stereocenters. The molecule has 1 aliphatic rings. The maximum absolute atomic E-state index is 13.2. The first-order chi connectivity index (χ1) is 14.4. The third-order valence-corrected chi connectivity index (χ3v) is 4.96. The van der Waals surface area contributed by atoms with Crippen molar-refractivity contribution < 1.29 is 24.4 Å². The van der Waals surface area contributed by atoms with Gasteiger partial charge in [-0.15, -0.1) is 0 Å². The zero-order valence-corrected chi connectivity index (χ0v) is 15.6. The molecule has 4 rings (SSSR count). The number of anilines is 1. The number of hydrogen-bond donors (Lipinski definition) is 2. The maximum Gasteiger partial charge on any atom is 0.338 e. The average molecular weight is 404 g/mol. The standard InChI is InChI=1S/C22H16N2O6/c25-20-19-11-8-17(12-14(19)13-30-20)23-21(26)22(27,15-4-2-1-3-5-15)16-6-9-18(10-7-16)24(28)29/h1-12,27H,13H2,(H,23,26). The van der Waals surface area contributed by atoms with Crippen LogP contribution in [-0.4, -0.2) is 21.9 Å². The molecule has 30 heavy (non-hydrogen) atoms. The number of nitro benzene ring substituents is 1. The van der Waals surface area contributed by atoms with Gasteiger partial charge in [-0.05, 0) is 41.5 Å². The van der Waals surface area contributed by atoms with Gasteiger partial charge in [-0.1, -0.05) is 30.3 Å². The SMILES string of the molecule is O=C1OCc2cc(NC(=O)C(O)(c3ccccc3)c3ccc([N+](=O)[O-])cc3)ccc21. The molecule has 1 heterocycles. The van der Waals surface area contributed by atoms with Gasteiger partial charge in [-0.3, -0.25) is 14.9 Å². The summed E-state index contributed by atoms with van der Waals surface area (Å²) in [5.41, 5.74) is -0.321. The molecule has 3 aromatic rings. The van der Waals surface area contributed by atoms with Crippen LogP contribution in [0.2, 0.25) is 0 Å². The average Bonchev–Trinajstić information content (AvgIpc) is 3.14. The van der Waals surface area contributed by atoms with Crippen molar-refractivity contribution >= 4 is 23.3 Å². The second kappa shape index (κ2) is 7.41. The fourth-order valence-corrected chi connectivity index (χ4v) is 3.37. The number of rotatable bonds is 5. The van der Waals surface area contributed by atoms with Crippen LogP contribution in [0, 0.1) is 10.1 Å². The van der Waals surface area contributed by atoms with Crippen LogP contribution < -0.4 is 5.32 Å². The molecule has 0 aromatic heterocycles. The van der Waals surface area contributed by atoms with Gasteiger partial charge in [-0.25, -0.2) is 4.79 Å². The number of non-ortho nitro benzene ring substituents is 1. The summed E-state index contributed by atoms with van der Waals surface area (Å²) in [6.07, 6.45) is 0. The van der Waals surface area contributed by atoms with Crippen LogP contribution in [0.15, 0.2) is 72.8 Å². The van der Waals surface area contributed by atoms with Crippen molar-refractivity contribution in [1.29, 1.82) is 0 Å². The highest BCUT2D eigenvalue weighted by molar-refractivity contribution is 6.01. The zero-order valence-electron chi connectivity index (χ0n) is 15.6. The van der Waals surface area contributed by atoms with E-state index in [1.54, 1.807) is 48.5 Å². The Kier molecular flexibility index (Phi) is 4.77. The first-order valence-electron chi connectivity index (χ1n) is 9.04. The fraction of sp³-hybridized carbons (Fsp3) is 0.0909. The number of nitrogens with one attached hydrogen (secondary N) is 1. The molecule has 0 radical (unpaired) electrons. The van der Waals surface area contributed by atoms with Crippen molar-refractivity contribution in [2.24, 2.45) is 0 Å². The van der Waals surface area contributed by atoms with E-state index in [1.807, 2.05) is 0 Å². The van der Waals surface area contributed by atoms with Gasteiger partial charge in [-0.2, -0.15) is 0 Å². The lowest BCUT2D eigenvalue weighted by molar-refractivity contribution is -0.384. The third kappa shape index (κ3) is 3.29. The summed E-state index contributed by atoms with van der Waals surface area (Å²) in [5, 5.41) is 25.1. The number of nitro groups is 1. The number of carbonyl (C=O) groups is 2. The highest BCUT2D eigenvalue weighted by Gasteiger charge is 2.40. The van der Waals surface area contributed by atoms with Crippen LogP contribution in [-0.2, 0) is 21.7 Å². The molecule has 0 fully saturated rings. The Labute approximate surface area is 170 Å². The van der Waals surface area contributed by atoms with Crippen molar-refractivity contribution in [2.75, 3.05) is 5.32 Å². The van der Waals surface area contributed by atoms with Crippen molar-refractivity contribution in [1.82, 2.24) is 0 Å². The van der Waals surface area contributed by atoms with Crippen molar-refractivity contribution in [2.45, 2.75) is 12.2 Å². The summed E-state index contributed by atoms with van der Waals surface area (Å²) >= 11 is 0. The summed E-state index contributed by atoms with van der Waals surface area (Å²) < 4.78 is 4.96. The Morgan fingerprint density at radius 2 is 1.70 bits per heavy atom. The fourth-order valence-electron chi connectivity index (χ4n) is 3.37. The van der Waals surface area contributed by atoms with E-state index in [2.05, 4.69) is 5.32 Å². The number of carbonyl (C=O) groups excluding carboxylic acids is 2. The largest absolute Gasteiger partial charge is 0.457 e. The van der Waals surface area contributed by atoms with Gasteiger partial charge in [0.2, 0.25) is 0 Å². The molecule has 150 valence electrons. The first kappa shape index (κ1) is 19.3. The van der Waals surface area contributed by atoms with Crippen LogP contribution in [0.1, 0.15) is 27.0 Å².